The number of aromatic nitrogens is 2. The van der Waals surface area contributed by atoms with Crippen molar-refractivity contribution in [1.29, 1.82) is 0 Å². The lowest BCUT2D eigenvalue weighted by Gasteiger charge is -1.99. The van der Waals surface area contributed by atoms with Crippen LogP contribution in [-0.2, 0) is 0 Å². The molecule has 3 aromatic heterocycles. The van der Waals surface area contributed by atoms with E-state index in [-0.39, 0.29) is 0 Å². The lowest BCUT2D eigenvalue weighted by molar-refractivity contribution is 1.19. The monoisotopic (exact) mass is 444 g/mol. The molecule has 0 saturated carbocycles. The number of fused-ring (bicyclic) bond motifs is 4. The molecule has 0 atom stereocenters. The summed E-state index contributed by atoms with van der Waals surface area (Å²) in [5, 5.41) is 7.61. The fourth-order valence-electron chi connectivity index (χ4n) is 4.33. The van der Waals surface area contributed by atoms with Crippen LogP contribution in [0.25, 0.3) is 62.9 Å². The Morgan fingerprint density at radius 2 is 0.875 bits per heavy atom. The molecule has 0 fully saturated rings. The van der Waals surface area contributed by atoms with Crippen molar-refractivity contribution in [3.8, 4) is 21.1 Å². The molecule has 0 spiro atoms. The standard InChI is InChI=1S/C28H16N2S2/c1-3-7-19-11-25-21(9-17(19)5-1)13-27(31-25)23-15-24(30-16-29-23)28-14-22-10-18-6-2-4-8-20(18)12-26(22)32-28/h1-16H. The normalized spacial score (nSPS) is 11.8. The second-order valence-corrected chi connectivity index (χ2v) is 10.2. The van der Waals surface area contributed by atoms with Gasteiger partial charge >= 0.3 is 0 Å². The predicted octanol–water partition coefficient (Wildman–Crippen LogP) is 8.55. The van der Waals surface area contributed by atoms with Gasteiger partial charge in [-0.25, -0.2) is 9.97 Å². The van der Waals surface area contributed by atoms with E-state index in [1.54, 1.807) is 29.0 Å². The zero-order valence-electron chi connectivity index (χ0n) is 16.9. The number of benzene rings is 4. The molecule has 0 radical (unpaired) electrons. The molecule has 2 nitrogen and oxygen atoms in total. The highest BCUT2D eigenvalue weighted by atomic mass is 32.1. The third-order valence-electron chi connectivity index (χ3n) is 5.94. The summed E-state index contributed by atoms with van der Waals surface area (Å²) < 4.78 is 2.57. The second kappa shape index (κ2) is 6.95. The lowest BCUT2D eigenvalue weighted by atomic mass is 10.1. The summed E-state index contributed by atoms with van der Waals surface area (Å²) in [5.41, 5.74) is 1.95. The first-order valence-corrected chi connectivity index (χ1v) is 12.1. The largest absolute Gasteiger partial charge is 0.235 e. The molecule has 0 amide bonds. The number of nitrogens with zero attached hydrogens (tertiary/aromatic N) is 2. The summed E-state index contributed by atoms with van der Waals surface area (Å²) in [6.45, 7) is 0. The maximum Gasteiger partial charge on any atom is 0.116 e. The highest BCUT2D eigenvalue weighted by molar-refractivity contribution is 7.22. The molecule has 3 heterocycles. The van der Waals surface area contributed by atoms with Gasteiger partial charge in [0.15, 0.2) is 0 Å². The molecule has 0 bridgehead atoms. The predicted molar refractivity (Wildman–Crippen MR) is 139 cm³/mol. The molecule has 7 rings (SSSR count). The minimum absolute atomic E-state index is 0.975. The van der Waals surface area contributed by atoms with E-state index in [4.69, 9.17) is 0 Å². The molecule has 7 aromatic rings. The Morgan fingerprint density at radius 1 is 0.438 bits per heavy atom. The van der Waals surface area contributed by atoms with Gasteiger partial charge in [0.1, 0.15) is 6.33 Å². The summed E-state index contributed by atoms with van der Waals surface area (Å²) in [6, 6.07) is 32.7. The van der Waals surface area contributed by atoms with Crippen molar-refractivity contribution >= 4 is 64.4 Å². The minimum Gasteiger partial charge on any atom is -0.235 e. The van der Waals surface area contributed by atoms with Crippen LogP contribution in [0.2, 0.25) is 0 Å². The van der Waals surface area contributed by atoms with Gasteiger partial charge in [0.25, 0.3) is 0 Å². The molecule has 0 unspecified atom stereocenters. The molecule has 32 heavy (non-hydrogen) atoms. The van der Waals surface area contributed by atoms with Crippen LogP contribution >= 0.6 is 22.7 Å². The summed E-state index contributed by atoms with van der Waals surface area (Å²) in [6.07, 6.45) is 1.69. The van der Waals surface area contributed by atoms with Crippen molar-refractivity contribution in [1.82, 2.24) is 9.97 Å². The Morgan fingerprint density at radius 3 is 1.34 bits per heavy atom. The van der Waals surface area contributed by atoms with Crippen LogP contribution in [0.3, 0.4) is 0 Å². The van der Waals surface area contributed by atoms with Gasteiger partial charge in [-0.05, 0) is 74.8 Å². The maximum atomic E-state index is 4.60. The molecule has 0 aliphatic carbocycles. The zero-order chi connectivity index (χ0) is 21.1. The smallest absolute Gasteiger partial charge is 0.116 e. The summed E-state index contributed by atoms with van der Waals surface area (Å²) in [4.78, 5) is 11.5. The quantitative estimate of drug-likeness (QED) is 0.267. The molecular weight excluding hydrogens is 428 g/mol. The molecule has 4 heteroatoms. The van der Waals surface area contributed by atoms with Crippen molar-refractivity contribution in [3.05, 3.63) is 97.3 Å². The SMILES string of the molecule is c1ccc2cc3sc(-c4cc(-c5cc6cc7ccccc7cc6s5)ncn4)cc3cc2c1. The lowest BCUT2D eigenvalue weighted by Crippen LogP contribution is -1.85. The fraction of sp³-hybridized carbons (Fsp3) is 0. The van der Waals surface area contributed by atoms with Gasteiger partial charge in [-0.1, -0.05) is 48.5 Å². The average molecular weight is 445 g/mol. The molecular formula is C28H16N2S2. The molecule has 0 aliphatic rings. The third kappa shape index (κ3) is 2.92. The highest BCUT2D eigenvalue weighted by Gasteiger charge is 2.11. The Bertz CT molecular complexity index is 1560. The van der Waals surface area contributed by atoms with Crippen LogP contribution in [0.5, 0.6) is 0 Å². The van der Waals surface area contributed by atoms with Crippen LogP contribution in [0.4, 0.5) is 0 Å². The van der Waals surface area contributed by atoms with E-state index in [1.165, 1.54) is 51.5 Å². The number of thiophene rings is 2. The van der Waals surface area contributed by atoms with Gasteiger partial charge < -0.3 is 0 Å². The van der Waals surface area contributed by atoms with Crippen LogP contribution < -0.4 is 0 Å². The van der Waals surface area contributed by atoms with Gasteiger partial charge in [-0.3, -0.25) is 0 Å². The molecule has 0 saturated heterocycles. The highest BCUT2D eigenvalue weighted by Crippen LogP contribution is 2.38. The van der Waals surface area contributed by atoms with Crippen molar-refractivity contribution in [2.75, 3.05) is 0 Å². The zero-order valence-corrected chi connectivity index (χ0v) is 18.6. The van der Waals surface area contributed by atoms with E-state index >= 15 is 0 Å². The van der Waals surface area contributed by atoms with E-state index in [9.17, 15) is 0 Å². The minimum atomic E-state index is 0.975. The third-order valence-corrected chi connectivity index (χ3v) is 8.18. The number of hydrogen-bond donors (Lipinski definition) is 0. The van der Waals surface area contributed by atoms with Crippen LogP contribution in [-0.4, -0.2) is 9.97 Å². The Hall–Kier alpha value is -3.60. The molecule has 0 aliphatic heterocycles. The van der Waals surface area contributed by atoms with E-state index in [0.29, 0.717) is 0 Å². The van der Waals surface area contributed by atoms with Crippen LogP contribution in [0, 0.1) is 0 Å². The van der Waals surface area contributed by atoms with Gasteiger partial charge in [-0.2, -0.15) is 0 Å². The molecule has 0 N–H and O–H groups in total. The number of rotatable bonds is 2. The van der Waals surface area contributed by atoms with Gasteiger partial charge in [0, 0.05) is 9.40 Å². The molecule has 4 aromatic carbocycles. The number of hydrogen-bond acceptors (Lipinski definition) is 4. The Kier molecular flexibility index (Phi) is 3.92. The first-order chi connectivity index (χ1) is 15.8. The van der Waals surface area contributed by atoms with Gasteiger partial charge in [0.05, 0.1) is 21.1 Å². The van der Waals surface area contributed by atoms with Crippen molar-refractivity contribution in [2.45, 2.75) is 0 Å². The Balaban J connectivity index is 1.34. The average Bonchev–Trinajstić information content (AvgIpc) is 3.44. The van der Waals surface area contributed by atoms with Gasteiger partial charge in [0.2, 0.25) is 0 Å². The first kappa shape index (κ1) is 18.0. The first-order valence-electron chi connectivity index (χ1n) is 10.5. The van der Waals surface area contributed by atoms with Crippen molar-refractivity contribution < 1.29 is 0 Å². The van der Waals surface area contributed by atoms with Crippen molar-refractivity contribution in [2.24, 2.45) is 0 Å². The van der Waals surface area contributed by atoms with E-state index in [1.807, 2.05) is 0 Å². The van der Waals surface area contributed by atoms with E-state index < -0.39 is 0 Å². The van der Waals surface area contributed by atoms with Crippen molar-refractivity contribution in [3.63, 3.8) is 0 Å². The van der Waals surface area contributed by atoms with E-state index in [0.717, 1.165) is 11.4 Å². The van der Waals surface area contributed by atoms with E-state index in [2.05, 4.69) is 101 Å². The maximum absolute atomic E-state index is 4.60. The van der Waals surface area contributed by atoms with Crippen LogP contribution in [0.15, 0.2) is 97.3 Å². The summed E-state index contributed by atoms with van der Waals surface area (Å²) in [5.74, 6) is 0. The van der Waals surface area contributed by atoms with Crippen LogP contribution in [0.1, 0.15) is 0 Å². The summed E-state index contributed by atoms with van der Waals surface area (Å²) >= 11 is 3.58. The topological polar surface area (TPSA) is 25.8 Å². The Labute approximate surface area is 192 Å². The summed E-state index contributed by atoms with van der Waals surface area (Å²) in [7, 11) is 0. The molecule has 150 valence electrons. The van der Waals surface area contributed by atoms with Gasteiger partial charge in [-0.15, -0.1) is 22.7 Å². The fourth-order valence-corrected chi connectivity index (χ4v) is 6.46. The second-order valence-electron chi connectivity index (χ2n) is 7.98.